The molecule has 0 unspecified atom stereocenters. The fourth-order valence-corrected chi connectivity index (χ4v) is 4.44. The molecule has 8 heteroatoms. The highest BCUT2D eigenvalue weighted by Gasteiger charge is 2.33. The molecular weight excluding hydrogens is 362 g/mol. The lowest BCUT2D eigenvalue weighted by Gasteiger charge is -2.40. The van der Waals surface area contributed by atoms with Gasteiger partial charge in [-0.1, -0.05) is 23.9 Å². The first-order valence-corrected chi connectivity index (χ1v) is 10.4. The molecule has 1 amide bonds. The topological polar surface area (TPSA) is 73.1 Å². The number of para-hydroxylation sites is 2. The lowest BCUT2D eigenvalue weighted by Crippen LogP contribution is -2.50. The van der Waals surface area contributed by atoms with Crippen LogP contribution in [0.3, 0.4) is 0 Å². The first kappa shape index (κ1) is 19.7. The van der Waals surface area contributed by atoms with E-state index in [1.165, 1.54) is 18.2 Å². The molecule has 27 heavy (non-hydrogen) atoms. The minimum Gasteiger partial charge on any atom is -0.492 e. The molecule has 1 saturated heterocycles. The molecule has 0 bridgehead atoms. The van der Waals surface area contributed by atoms with Crippen molar-refractivity contribution in [3.8, 4) is 11.4 Å². The number of carbonyl (C=O) groups excluding carboxylic acids is 1. The number of hydrogen-bond donors (Lipinski definition) is 0. The van der Waals surface area contributed by atoms with Crippen LogP contribution in [0.5, 0.6) is 5.75 Å². The van der Waals surface area contributed by atoms with Gasteiger partial charge in [-0.25, -0.2) is 0 Å². The zero-order valence-electron chi connectivity index (χ0n) is 16.3. The van der Waals surface area contributed by atoms with Crippen LogP contribution in [0.1, 0.15) is 47.0 Å². The quantitative estimate of drug-likeness (QED) is 0.706. The van der Waals surface area contributed by atoms with Crippen molar-refractivity contribution in [3.63, 3.8) is 0 Å². The van der Waals surface area contributed by atoms with Gasteiger partial charge in [-0.2, -0.15) is 4.68 Å². The van der Waals surface area contributed by atoms with E-state index in [-0.39, 0.29) is 23.2 Å². The minimum absolute atomic E-state index is 0.146. The number of benzene rings is 1. The van der Waals surface area contributed by atoms with E-state index in [2.05, 4.69) is 29.4 Å². The van der Waals surface area contributed by atoms with Gasteiger partial charge in [-0.05, 0) is 69.5 Å². The van der Waals surface area contributed by atoms with Crippen molar-refractivity contribution in [2.75, 3.05) is 6.61 Å². The van der Waals surface area contributed by atoms with Crippen molar-refractivity contribution in [3.05, 3.63) is 24.3 Å². The molecule has 2 aromatic rings. The van der Waals surface area contributed by atoms with E-state index in [0.717, 1.165) is 18.5 Å². The maximum atomic E-state index is 13.1. The van der Waals surface area contributed by atoms with Crippen LogP contribution >= 0.6 is 11.8 Å². The Bertz CT molecular complexity index is 771. The van der Waals surface area contributed by atoms with Gasteiger partial charge in [0.2, 0.25) is 11.1 Å². The predicted molar refractivity (Wildman–Crippen MR) is 105 cm³/mol. The molecule has 1 aromatic carbocycles. The van der Waals surface area contributed by atoms with E-state index in [1.54, 1.807) is 4.68 Å². The van der Waals surface area contributed by atoms with Crippen LogP contribution in [0.4, 0.5) is 0 Å². The van der Waals surface area contributed by atoms with Crippen molar-refractivity contribution in [1.29, 1.82) is 0 Å². The van der Waals surface area contributed by atoms with Crippen molar-refractivity contribution >= 4 is 17.7 Å². The second-order valence-corrected chi connectivity index (χ2v) is 8.22. The molecule has 1 aromatic heterocycles. The molecule has 3 atom stereocenters. The largest absolute Gasteiger partial charge is 0.492 e. The lowest BCUT2D eigenvalue weighted by molar-refractivity contribution is -0.136. The van der Waals surface area contributed by atoms with Gasteiger partial charge < -0.3 is 9.64 Å². The summed E-state index contributed by atoms with van der Waals surface area (Å²) in [5.41, 5.74) is 0.770. The van der Waals surface area contributed by atoms with Crippen molar-refractivity contribution in [1.82, 2.24) is 25.1 Å². The van der Waals surface area contributed by atoms with Gasteiger partial charge in [-0.3, -0.25) is 4.79 Å². The monoisotopic (exact) mass is 389 g/mol. The maximum Gasteiger partial charge on any atom is 0.236 e. The van der Waals surface area contributed by atoms with E-state index < -0.39 is 0 Å². The number of piperidine rings is 1. The lowest BCUT2D eigenvalue weighted by atomic mass is 9.97. The average Bonchev–Trinajstić information content (AvgIpc) is 3.10. The molecular formula is C19H27N5O2S. The molecule has 7 nitrogen and oxygen atoms in total. The Morgan fingerprint density at radius 2 is 2.00 bits per heavy atom. The Kier molecular flexibility index (Phi) is 6.36. The molecule has 0 spiro atoms. The first-order valence-electron chi connectivity index (χ1n) is 9.52. The SMILES string of the molecule is CCOc1ccccc1-n1nnnc1S[C@H](C)C(=O)N1[C@@H](C)CCC[C@@H]1C. The molecule has 0 saturated carbocycles. The molecule has 0 aliphatic carbocycles. The standard InChI is InChI=1S/C19H27N5O2S/c1-5-26-17-12-7-6-11-16(17)24-19(20-21-22-24)27-15(4)18(25)23-13(2)9-8-10-14(23)3/h6-7,11-15H,5,8-10H2,1-4H3/t13-,14-,15+/m0/s1. The summed E-state index contributed by atoms with van der Waals surface area (Å²) in [7, 11) is 0. The van der Waals surface area contributed by atoms with E-state index in [0.29, 0.717) is 17.5 Å². The number of tetrazole rings is 1. The van der Waals surface area contributed by atoms with Crippen LogP contribution in [-0.2, 0) is 4.79 Å². The van der Waals surface area contributed by atoms with Gasteiger partial charge in [0.1, 0.15) is 11.4 Å². The fourth-order valence-electron chi connectivity index (χ4n) is 3.59. The summed E-state index contributed by atoms with van der Waals surface area (Å²) in [5, 5.41) is 12.4. The number of thioether (sulfide) groups is 1. The molecule has 3 rings (SSSR count). The molecule has 1 fully saturated rings. The van der Waals surface area contributed by atoms with E-state index >= 15 is 0 Å². The summed E-state index contributed by atoms with van der Waals surface area (Å²) in [4.78, 5) is 15.1. The molecule has 146 valence electrons. The number of rotatable bonds is 6. The third-order valence-electron chi connectivity index (χ3n) is 4.91. The van der Waals surface area contributed by atoms with Gasteiger partial charge in [0.05, 0.1) is 11.9 Å². The number of hydrogen-bond acceptors (Lipinski definition) is 6. The van der Waals surface area contributed by atoms with E-state index in [4.69, 9.17) is 4.74 Å². The Hall–Kier alpha value is -2.09. The van der Waals surface area contributed by atoms with E-state index in [9.17, 15) is 4.79 Å². The van der Waals surface area contributed by atoms with Crippen LogP contribution in [-0.4, -0.2) is 55.0 Å². The summed E-state index contributed by atoms with van der Waals surface area (Å²) >= 11 is 1.38. The van der Waals surface area contributed by atoms with Crippen molar-refractivity contribution < 1.29 is 9.53 Å². The zero-order valence-corrected chi connectivity index (χ0v) is 17.1. The molecule has 0 N–H and O–H groups in total. The van der Waals surface area contributed by atoms with Crippen LogP contribution in [0.15, 0.2) is 29.4 Å². The minimum atomic E-state index is -0.267. The van der Waals surface area contributed by atoms with Gasteiger partial charge in [0.25, 0.3) is 0 Å². The third kappa shape index (κ3) is 4.26. The van der Waals surface area contributed by atoms with Gasteiger partial charge in [0, 0.05) is 12.1 Å². The summed E-state index contributed by atoms with van der Waals surface area (Å²) in [6.07, 6.45) is 3.31. The summed E-state index contributed by atoms with van der Waals surface area (Å²) < 4.78 is 7.33. The van der Waals surface area contributed by atoms with Crippen LogP contribution in [0, 0.1) is 0 Å². The van der Waals surface area contributed by atoms with Gasteiger partial charge >= 0.3 is 0 Å². The van der Waals surface area contributed by atoms with Crippen molar-refractivity contribution in [2.24, 2.45) is 0 Å². The average molecular weight is 390 g/mol. The second-order valence-electron chi connectivity index (χ2n) is 6.91. The Labute approximate surface area is 164 Å². The summed E-state index contributed by atoms with van der Waals surface area (Å²) in [6, 6.07) is 8.18. The number of aromatic nitrogens is 4. The maximum absolute atomic E-state index is 13.1. The predicted octanol–water partition coefficient (Wildman–Crippen LogP) is 3.33. The highest BCUT2D eigenvalue weighted by atomic mass is 32.2. The fraction of sp³-hybridized carbons (Fsp3) is 0.579. The molecule has 1 aliphatic heterocycles. The number of likely N-dealkylation sites (tertiary alicyclic amines) is 1. The van der Waals surface area contributed by atoms with E-state index in [1.807, 2.05) is 43.0 Å². The van der Waals surface area contributed by atoms with Crippen LogP contribution in [0.2, 0.25) is 0 Å². The Morgan fingerprint density at radius 3 is 2.70 bits per heavy atom. The molecule has 2 heterocycles. The van der Waals surface area contributed by atoms with Crippen molar-refractivity contribution in [2.45, 2.75) is 69.4 Å². The smallest absolute Gasteiger partial charge is 0.236 e. The normalized spacial score (nSPS) is 21.1. The highest BCUT2D eigenvalue weighted by Crippen LogP contribution is 2.31. The third-order valence-corrected chi connectivity index (χ3v) is 5.93. The number of nitrogens with zero attached hydrogens (tertiary/aromatic N) is 5. The van der Waals surface area contributed by atoms with Crippen LogP contribution in [0.25, 0.3) is 5.69 Å². The Balaban J connectivity index is 1.79. The van der Waals surface area contributed by atoms with Crippen LogP contribution < -0.4 is 4.74 Å². The Morgan fingerprint density at radius 1 is 1.30 bits per heavy atom. The molecule has 1 aliphatic rings. The zero-order chi connectivity index (χ0) is 19.4. The number of ether oxygens (including phenoxy) is 1. The molecule has 0 radical (unpaired) electrons. The van der Waals surface area contributed by atoms with Gasteiger partial charge in [-0.15, -0.1) is 5.10 Å². The first-order chi connectivity index (χ1) is 13.0. The summed E-state index contributed by atoms with van der Waals surface area (Å²) in [5.74, 6) is 0.860. The number of amides is 1. The van der Waals surface area contributed by atoms with Gasteiger partial charge in [0.15, 0.2) is 0 Å². The number of carbonyl (C=O) groups is 1. The second kappa shape index (κ2) is 8.73. The highest BCUT2D eigenvalue weighted by molar-refractivity contribution is 8.00. The summed E-state index contributed by atoms with van der Waals surface area (Å²) in [6.45, 7) is 8.68.